The van der Waals surface area contributed by atoms with Gasteiger partial charge in [-0.05, 0) is 48.8 Å². The standard InChI is InChI=1S/C21H33ClN2O/c1-5-15(4)19(23)20(25)24-18(13-14(2)3)21(11-6-12-21)16-7-9-17(22)10-8-16/h7-10,14-15,18-19H,5-6,11-13,23H2,1-4H3,(H,24,25)/t15-,18+,19-/m0/s1. The molecule has 1 aromatic rings. The summed E-state index contributed by atoms with van der Waals surface area (Å²) in [6.45, 7) is 8.54. The Balaban J connectivity index is 2.25. The summed E-state index contributed by atoms with van der Waals surface area (Å²) in [4.78, 5) is 12.8. The summed E-state index contributed by atoms with van der Waals surface area (Å²) in [6.07, 6.45) is 5.27. The molecule has 0 heterocycles. The van der Waals surface area contributed by atoms with E-state index < -0.39 is 6.04 Å². The van der Waals surface area contributed by atoms with Gasteiger partial charge in [-0.1, -0.05) is 64.3 Å². The first-order valence-electron chi connectivity index (χ1n) is 9.62. The topological polar surface area (TPSA) is 55.1 Å². The molecule has 0 bridgehead atoms. The molecular weight excluding hydrogens is 332 g/mol. The van der Waals surface area contributed by atoms with Gasteiger partial charge in [0.2, 0.25) is 5.91 Å². The van der Waals surface area contributed by atoms with Gasteiger partial charge >= 0.3 is 0 Å². The molecule has 0 aliphatic heterocycles. The third-order valence-corrected chi connectivity index (χ3v) is 6.17. The number of carbonyl (C=O) groups excluding carboxylic acids is 1. The van der Waals surface area contributed by atoms with Crippen LogP contribution in [-0.2, 0) is 10.2 Å². The predicted octanol–water partition coefficient (Wildman–Crippen LogP) is 4.67. The van der Waals surface area contributed by atoms with Gasteiger partial charge < -0.3 is 11.1 Å². The van der Waals surface area contributed by atoms with E-state index in [2.05, 4.69) is 38.2 Å². The third kappa shape index (κ3) is 4.57. The Kier molecular flexibility index (Phi) is 6.93. The van der Waals surface area contributed by atoms with Crippen molar-refractivity contribution in [2.24, 2.45) is 17.6 Å². The molecule has 1 saturated carbocycles. The van der Waals surface area contributed by atoms with Crippen molar-refractivity contribution in [2.75, 3.05) is 0 Å². The lowest BCUT2D eigenvalue weighted by molar-refractivity contribution is -0.125. The fourth-order valence-electron chi connectivity index (χ4n) is 3.85. The number of hydrogen-bond donors (Lipinski definition) is 2. The minimum Gasteiger partial charge on any atom is -0.351 e. The van der Waals surface area contributed by atoms with E-state index in [1.165, 1.54) is 12.0 Å². The van der Waals surface area contributed by atoms with Crippen LogP contribution in [0.5, 0.6) is 0 Å². The summed E-state index contributed by atoms with van der Waals surface area (Å²) in [6, 6.07) is 7.82. The molecule has 3 N–H and O–H groups in total. The van der Waals surface area contributed by atoms with Crippen LogP contribution >= 0.6 is 11.6 Å². The number of benzene rings is 1. The highest BCUT2D eigenvalue weighted by Crippen LogP contribution is 2.48. The second kappa shape index (κ2) is 8.55. The average molecular weight is 365 g/mol. The van der Waals surface area contributed by atoms with Gasteiger partial charge in [0, 0.05) is 16.5 Å². The molecule has 1 aliphatic carbocycles. The molecular formula is C21H33ClN2O. The molecule has 1 aliphatic rings. The van der Waals surface area contributed by atoms with Crippen LogP contribution in [0.3, 0.4) is 0 Å². The Hall–Kier alpha value is -1.06. The molecule has 140 valence electrons. The van der Waals surface area contributed by atoms with Crippen LogP contribution in [0.25, 0.3) is 0 Å². The van der Waals surface area contributed by atoms with Crippen LogP contribution in [0.1, 0.15) is 65.4 Å². The average Bonchev–Trinajstić information content (AvgIpc) is 2.53. The van der Waals surface area contributed by atoms with E-state index in [-0.39, 0.29) is 23.3 Å². The molecule has 1 fully saturated rings. The minimum absolute atomic E-state index is 0.0136. The lowest BCUT2D eigenvalue weighted by atomic mass is 9.58. The molecule has 0 spiro atoms. The highest BCUT2D eigenvalue weighted by Gasteiger charge is 2.46. The number of amides is 1. The molecule has 3 atom stereocenters. The maximum Gasteiger partial charge on any atom is 0.237 e. The van der Waals surface area contributed by atoms with Crippen molar-refractivity contribution in [2.45, 2.75) is 77.3 Å². The van der Waals surface area contributed by atoms with Crippen molar-refractivity contribution < 1.29 is 4.79 Å². The van der Waals surface area contributed by atoms with Gasteiger partial charge in [-0.25, -0.2) is 0 Å². The van der Waals surface area contributed by atoms with Gasteiger partial charge in [0.1, 0.15) is 0 Å². The predicted molar refractivity (Wildman–Crippen MR) is 106 cm³/mol. The molecule has 2 rings (SSSR count). The van der Waals surface area contributed by atoms with Crippen LogP contribution in [0.4, 0.5) is 0 Å². The fourth-order valence-corrected chi connectivity index (χ4v) is 3.98. The molecule has 3 nitrogen and oxygen atoms in total. The van der Waals surface area contributed by atoms with Gasteiger partial charge in [0.05, 0.1) is 6.04 Å². The molecule has 0 unspecified atom stereocenters. The Morgan fingerprint density at radius 1 is 1.24 bits per heavy atom. The van der Waals surface area contributed by atoms with Crippen LogP contribution in [-0.4, -0.2) is 18.0 Å². The van der Waals surface area contributed by atoms with E-state index in [0.717, 1.165) is 30.7 Å². The van der Waals surface area contributed by atoms with Gasteiger partial charge in [0.15, 0.2) is 0 Å². The van der Waals surface area contributed by atoms with Crippen molar-refractivity contribution in [1.82, 2.24) is 5.32 Å². The number of nitrogens with one attached hydrogen (secondary N) is 1. The van der Waals surface area contributed by atoms with Crippen molar-refractivity contribution in [3.63, 3.8) is 0 Å². The molecule has 1 aromatic carbocycles. The summed E-state index contributed by atoms with van der Waals surface area (Å²) < 4.78 is 0. The first-order valence-corrected chi connectivity index (χ1v) is 10.00. The Bertz CT molecular complexity index is 566. The fraction of sp³-hybridized carbons (Fsp3) is 0.667. The quantitative estimate of drug-likeness (QED) is 0.704. The van der Waals surface area contributed by atoms with E-state index in [1.807, 2.05) is 19.1 Å². The van der Waals surface area contributed by atoms with Crippen LogP contribution < -0.4 is 11.1 Å². The van der Waals surface area contributed by atoms with Gasteiger partial charge in [-0.3, -0.25) is 4.79 Å². The maximum atomic E-state index is 12.8. The third-order valence-electron chi connectivity index (χ3n) is 5.92. The van der Waals surface area contributed by atoms with Crippen molar-refractivity contribution in [1.29, 1.82) is 0 Å². The van der Waals surface area contributed by atoms with E-state index in [4.69, 9.17) is 17.3 Å². The summed E-state index contributed by atoms with van der Waals surface area (Å²) in [7, 11) is 0. The second-order valence-corrected chi connectivity index (χ2v) is 8.56. The number of rotatable bonds is 8. The normalized spacial score (nSPS) is 19.8. The molecule has 4 heteroatoms. The molecule has 1 amide bonds. The molecule has 0 radical (unpaired) electrons. The van der Waals surface area contributed by atoms with E-state index >= 15 is 0 Å². The zero-order chi connectivity index (χ0) is 18.6. The highest BCUT2D eigenvalue weighted by atomic mass is 35.5. The van der Waals surface area contributed by atoms with Gasteiger partial charge in [-0.15, -0.1) is 0 Å². The maximum absolute atomic E-state index is 12.8. The monoisotopic (exact) mass is 364 g/mol. The number of nitrogens with two attached hydrogens (primary N) is 1. The smallest absolute Gasteiger partial charge is 0.237 e. The van der Waals surface area contributed by atoms with Crippen LogP contribution in [0.15, 0.2) is 24.3 Å². The van der Waals surface area contributed by atoms with Crippen molar-refractivity contribution in [3.8, 4) is 0 Å². The zero-order valence-corrected chi connectivity index (χ0v) is 16.8. The molecule has 0 aromatic heterocycles. The summed E-state index contributed by atoms with van der Waals surface area (Å²) in [5.74, 6) is 0.683. The van der Waals surface area contributed by atoms with Crippen molar-refractivity contribution in [3.05, 3.63) is 34.9 Å². The summed E-state index contributed by atoms with van der Waals surface area (Å²) in [5, 5.41) is 4.07. The Labute approximate surface area is 157 Å². The molecule has 0 saturated heterocycles. The van der Waals surface area contributed by atoms with Crippen LogP contribution in [0.2, 0.25) is 5.02 Å². The van der Waals surface area contributed by atoms with Crippen molar-refractivity contribution >= 4 is 17.5 Å². The number of carbonyl (C=O) groups is 1. The van der Waals surface area contributed by atoms with Crippen LogP contribution in [0, 0.1) is 11.8 Å². The number of hydrogen-bond acceptors (Lipinski definition) is 2. The van der Waals surface area contributed by atoms with E-state index in [9.17, 15) is 4.79 Å². The first kappa shape index (κ1) is 20.3. The minimum atomic E-state index is -0.443. The highest BCUT2D eigenvalue weighted by molar-refractivity contribution is 6.30. The second-order valence-electron chi connectivity index (χ2n) is 8.12. The summed E-state index contributed by atoms with van der Waals surface area (Å²) in [5.41, 5.74) is 7.48. The lowest BCUT2D eigenvalue weighted by Gasteiger charge is -2.49. The van der Waals surface area contributed by atoms with Gasteiger partial charge in [0.25, 0.3) is 0 Å². The lowest BCUT2D eigenvalue weighted by Crippen LogP contribution is -2.58. The molecule has 25 heavy (non-hydrogen) atoms. The Morgan fingerprint density at radius 2 is 1.84 bits per heavy atom. The van der Waals surface area contributed by atoms with E-state index in [0.29, 0.717) is 5.92 Å². The largest absolute Gasteiger partial charge is 0.351 e. The first-order chi connectivity index (χ1) is 11.8. The number of halogens is 1. The Morgan fingerprint density at radius 3 is 2.28 bits per heavy atom. The zero-order valence-electron chi connectivity index (χ0n) is 16.0. The summed E-state index contributed by atoms with van der Waals surface area (Å²) >= 11 is 6.08. The van der Waals surface area contributed by atoms with Gasteiger partial charge in [-0.2, -0.15) is 0 Å². The van der Waals surface area contributed by atoms with E-state index in [1.54, 1.807) is 0 Å². The SMILES string of the molecule is CC[C@H](C)[C@H](N)C(=O)N[C@H](CC(C)C)C1(c2ccc(Cl)cc2)CCC1.